The smallest absolute Gasteiger partial charge is 0.313 e. The molecule has 0 fully saturated rings. The Hall–Kier alpha value is -0.570. The summed E-state index contributed by atoms with van der Waals surface area (Å²) in [5.74, 6) is 0. The second kappa shape index (κ2) is 1.26. The van der Waals surface area contributed by atoms with E-state index in [0.717, 1.165) is 0 Å². The first-order chi connectivity index (χ1) is 2.89. The van der Waals surface area contributed by atoms with Crippen LogP contribution >= 0.6 is 11.6 Å². The van der Waals surface area contributed by atoms with Crippen molar-refractivity contribution < 1.29 is 4.42 Å². The molecule has 6 heavy (non-hydrogen) atoms. The Labute approximate surface area is 38.9 Å². The summed E-state index contributed by atoms with van der Waals surface area (Å²) in [6, 6.07) is 0. The number of halogens is 1. The van der Waals surface area contributed by atoms with E-state index < -0.39 is 0 Å². The van der Waals surface area contributed by atoms with Crippen molar-refractivity contribution >= 4 is 11.6 Å². The van der Waals surface area contributed by atoms with E-state index in [9.17, 15) is 0 Å². The molecule has 0 bridgehead atoms. The normalized spacial score (nSPS) is 8.83. The van der Waals surface area contributed by atoms with Crippen LogP contribution in [-0.2, 0) is 0 Å². The predicted octanol–water partition coefficient (Wildman–Crippen LogP) is 0.523. The molecule has 0 saturated heterocycles. The van der Waals surface area contributed by atoms with Crippen LogP contribution in [0, 0.1) is 6.39 Å². The minimum atomic E-state index is 0.0231. The summed E-state index contributed by atoms with van der Waals surface area (Å²) in [4.78, 5) is 0. The van der Waals surface area contributed by atoms with E-state index in [2.05, 4.69) is 21.0 Å². The van der Waals surface area contributed by atoms with E-state index in [1.165, 1.54) is 0 Å². The molecule has 31 valence electrons. The summed E-state index contributed by atoms with van der Waals surface area (Å²) >= 11 is 5.08. The summed E-state index contributed by atoms with van der Waals surface area (Å²) in [6.07, 6.45) is 2.06. The Bertz CT molecular complexity index is 115. The van der Waals surface area contributed by atoms with Crippen LogP contribution in [0.1, 0.15) is 0 Å². The van der Waals surface area contributed by atoms with Crippen molar-refractivity contribution in [1.29, 1.82) is 0 Å². The molecule has 1 aromatic heterocycles. The molecule has 0 amide bonds. The van der Waals surface area contributed by atoms with Crippen LogP contribution in [0.2, 0.25) is 5.35 Å². The minimum Gasteiger partial charge on any atom is -0.403 e. The molecule has 0 aliphatic rings. The van der Waals surface area contributed by atoms with Crippen molar-refractivity contribution in [3.05, 3.63) is 11.7 Å². The van der Waals surface area contributed by atoms with Gasteiger partial charge >= 0.3 is 11.7 Å². The van der Waals surface area contributed by atoms with E-state index in [4.69, 9.17) is 11.6 Å². The topological polar surface area (TPSA) is 38.9 Å². The summed E-state index contributed by atoms with van der Waals surface area (Å²) in [6.45, 7) is 0. The molecule has 0 spiro atoms. The number of hydrogen-bond donors (Lipinski definition) is 0. The number of hydrogen-bond acceptors (Lipinski definition) is 3. The van der Waals surface area contributed by atoms with Gasteiger partial charge in [-0.2, -0.15) is 0 Å². The fourth-order valence-corrected chi connectivity index (χ4v) is 0.211. The molecule has 0 atom stereocenters. The molecular weight excluding hydrogens is 103 g/mol. The Kier molecular flexibility index (Phi) is 0.759. The van der Waals surface area contributed by atoms with E-state index in [0.29, 0.717) is 0 Å². The largest absolute Gasteiger partial charge is 0.403 e. The van der Waals surface area contributed by atoms with Crippen molar-refractivity contribution in [2.24, 2.45) is 0 Å². The highest BCUT2D eigenvalue weighted by molar-refractivity contribution is 6.27. The Morgan fingerprint density at radius 2 is 2.67 bits per heavy atom. The zero-order valence-electron chi connectivity index (χ0n) is 2.68. The first kappa shape index (κ1) is 3.61. The average molecular weight is 103 g/mol. The molecule has 3 nitrogen and oxygen atoms in total. The lowest BCUT2D eigenvalue weighted by Crippen LogP contribution is -1.59. The van der Waals surface area contributed by atoms with Crippen LogP contribution in [0.4, 0.5) is 0 Å². The molecule has 1 aromatic rings. The highest BCUT2D eigenvalue weighted by atomic mass is 35.5. The van der Waals surface area contributed by atoms with Gasteiger partial charge in [-0.1, -0.05) is 5.10 Å². The number of aromatic nitrogens is 2. The van der Waals surface area contributed by atoms with Crippen molar-refractivity contribution in [2.45, 2.75) is 0 Å². The van der Waals surface area contributed by atoms with Crippen molar-refractivity contribution in [3.8, 4) is 0 Å². The van der Waals surface area contributed by atoms with Gasteiger partial charge in [-0.3, -0.25) is 0 Å². The minimum absolute atomic E-state index is 0.0231. The maximum absolute atomic E-state index is 5.08. The van der Waals surface area contributed by atoms with Gasteiger partial charge in [0.1, 0.15) is 0 Å². The first-order valence-corrected chi connectivity index (χ1v) is 1.62. The second-order valence-corrected chi connectivity index (χ2v) is 0.970. The monoisotopic (exact) mass is 103 g/mol. The summed E-state index contributed by atoms with van der Waals surface area (Å²) in [5, 5.41) is 6.38. The molecule has 1 rings (SSSR count). The summed E-state index contributed by atoms with van der Waals surface area (Å²) < 4.78 is 4.25. The first-order valence-electron chi connectivity index (χ1n) is 1.24. The quantitative estimate of drug-likeness (QED) is 0.481. The molecule has 0 aromatic carbocycles. The molecule has 0 aliphatic heterocycles. The SMILES string of the molecule is Clc1nn[c]o1. The van der Waals surface area contributed by atoms with Crippen LogP contribution in [0.15, 0.2) is 4.42 Å². The van der Waals surface area contributed by atoms with Crippen LogP contribution in [0.3, 0.4) is 0 Å². The van der Waals surface area contributed by atoms with Gasteiger partial charge in [-0.15, -0.1) is 5.10 Å². The molecule has 0 saturated carbocycles. The standard InChI is InChI=1S/C2ClN2O/c3-2-5-4-1-6-2. The highest BCUT2D eigenvalue weighted by Crippen LogP contribution is 1.95. The van der Waals surface area contributed by atoms with E-state index >= 15 is 0 Å². The van der Waals surface area contributed by atoms with Crippen molar-refractivity contribution in [1.82, 2.24) is 10.2 Å². The van der Waals surface area contributed by atoms with Gasteiger partial charge in [0, 0.05) is 0 Å². The summed E-state index contributed by atoms with van der Waals surface area (Å²) in [5.41, 5.74) is 0. The molecule has 0 N–H and O–H groups in total. The third kappa shape index (κ3) is 0.490. The van der Waals surface area contributed by atoms with Gasteiger partial charge in [-0.05, 0) is 11.6 Å². The molecular formula is C2ClN2O. The number of rotatable bonds is 0. The Morgan fingerprint density at radius 3 is 2.83 bits per heavy atom. The van der Waals surface area contributed by atoms with Gasteiger partial charge in [0.05, 0.1) is 0 Å². The molecule has 0 unspecified atom stereocenters. The van der Waals surface area contributed by atoms with Crippen LogP contribution in [0.25, 0.3) is 0 Å². The lowest BCUT2D eigenvalue weighted by Gasteiger charge is -1.59. The third-order valence-corrected chi connectivity index (χ3v) is 0.452. The van der Waals surface area contributed by atoms with E-state index in [-0.39, 0.29) is 5.35 Å². The molecule has 1 radical (unpaired) electrons. The van der Waals surface area contributed by atoms with Gasteiger partial charge in [0.2, 0.25) is 0 Å². The van der Waals surface area contributed by atoms with Gasteiger partial charge < -0.3 is 4.42 Å². The molecule has 1 heterocycles. The second-order valence-electron chi connectivity index (χ2n) is 0.646. The maximum atomic E-state index is 5.08. The fraction of sp³-hybridized carbons (Fsp3) is 0. The molecule has 0 aliphatic carbocycles. The molecule has 4 heteroatoms. The van der Waals surface area contributed by atoms with E-state index in [1.807, 2.05) is 0 Å². The third-order valence-electron chi connectivity index (χ3n) is 0.299. The van der Waals surface area contributed by atoms with Gasteiger partial charge in [0.15, 0.2) is 0 Å². The Morgan fingerprint density at radius 1 is 1.83 bits per heavy atom. The van der Waals surface area contributed by atoms with Gasteiger partial charge in [0.25, 0.3) is 0 Å². The summed E-state index contributed by atoms with van der Waals surface area (Å²) in [7, 11) is 0. The van der Waals surface area contributed by atoms with Crippen molar-refractivity contribution in [3.63, 3.8) is 0 Å². The maximum Gasteiger partial charge on any atom is 0.313 e. The van der Waals surface area contributed by atoms with Crippen LogP contribution in [0.5, 0.6) is 0 Å². The highest BCUT2D eigenvalue weighted by Gasteiger charge is 1.84. The lowest BCUT2D eigenvalue weighted by atomic mass is 11.5. The fourth-order valence-electron chi connectivity index (χ4n) is 0.138. The zero-order chi connectivity index (χ0) is 4.41. The lowest BCUT2D eigenvalue weighted by molar-refractivity contribution is 0.546. The average Bonchev–Trinajstić information content (AvgIpc) is 1.86. The zero-order valence-corrected chi connectivity index (χ0v) is 3.44. The predicted molar refractivity (Wildman–Crippen MR) is 18.1 cm³/mol. The van der Waals surface area contributed by atoms with Crippen LogP contribution < -0.4 is 0 Å². The Balaban J connectivity index is 3.05. The van der Waals surface area contributed by atoms with Gasteiger partial charge in [-0.25, -0.2) is 0 Å². The van der Waals surface area contributed by atoms with Crippen molar-refractivity contribution in [2.75, 3.05) is 0 Å². The van der Waals surface area contributed by atoms with Crippen LogP contribution in [-0.4, -0.2) is 10.2 Å². The number of nitrogens with zero attached hydrogens (tertiary/aromatic N) is 2. The van der Waals surface area contributed by atoms with E-state index in [1.54, 1.807) is 0 Å².